The molecule has 8 nitrogen and oxygen atoms in total. The Morgan fingerprint density at radius 2 is 1.39 bits per heavy atom. The number of carbonyl (C=O) groups excluding carboxylic acids is 2. The van der Waals surface area contributed by atoms with Crippen molar-refractivity contribution >= 4 is 30.9 Å². The minimum absolute atomic E-state index is 0.156. The maximum absolute atomic E-state index is 13.4. The molecule has 3 rings (SSSR count). The van der Waals surface area contributed by atoms with Crippen LogP contribution in [0.2, 0.25) is 5.04 Å². The Morgan fingerprint density at radius 3 is 1.84 bits per heavy atom. The van der Waals surface area contributed by atoms with E-state index in [2.05, 4.69) is 74.6 Å². The lowest BCUT2D eigenvalue weighted by Gasteiger charge is -2.44. The number of alkyl carbamates (subject to hydrolysis) is 1. The molecule has 0 aromatic heterocycles. The number of hydrogen-bond acceptors (Lipinski definition) is 6. The molecular formula is C35H54N2O6Si. The third kappa shape index (κ3) is 9.08. The number of carbonyl (C=O) groups is 2. The van der Waals surface area contributed by atoms with Crippen LogP contribution in [0, 0.1) is 5.92 Å². The lowest BCUT2D eigenvalue weighted by molar-refractivity contribution is -0.0633. The predicted molar refractivity (Wildman–Crippen MR) is 178 cm³/mol. The minimum atomic E-state index is -2.84. The Balaban J connectivity index is 1.98. The molecule has 9 heteroatoms. The molecule has 1 unspecified atom stereocenters. The van der Waals surface area contributed by atoms with Crippen LogP contribution in [0.3, 0.4) is 0 Å². The molecular weight excluding hydrogens is 572 g/mol. The first-order valence-electron chi connectivity index (χ1n) is 15.6. The normalized spacial score (nSPS) is 18.1. The molecule has 2 atom stereocenters. The maximum Gasteiger partial charge on any atom is 0.412 e. The molecule has 0 spiro atoms. The van der Waals surface area contributed by atoms with E-state index in [0.717, 1.165) is 0 Å². The highest BCUT2D eigenvalue weighted by atomic mass is 28.4. The van der Waals surface area contributed by atoms with E-state index >= 15 is 0 Å². The van der Waals surface area contributed by atoms with Crippen molar-refractivity contribution in [2.24, 2.45) is 5.92 Å². The minimum Gasteiger partial charge on any atom is -0.444 e. The standard InChI is InChI=1S/C35H54N2O6Si/c1-32(2,3)42-30(38)36-23-26(22-27-25-40-35(10,11)37(27)31(39)43-33(4,5)6)24-41-44(34(7,8)9,28-18-14-12-15-19-28)29-20-16-13-17-21-29/h12-21,26-27H,22-25H2,1-11H3,(H,36,38)/t26?,27-/m1/s1. The van der Waals surface area contributed by atoms with Gasteiger partial charge in [0.2, 0.25) is 0 Å². The highest BCUT2D eigenvalue weighted by molar-refractivity contribution is 6.99. The maximum atomic E-state index is 13.4. The molecule has 1 aliphatic rings. The molecule has 0 radical (unpaired) electrons. The predicted octanol–water partition coefficient (Wildman–Crippen LogP) is 6.47. The van der Waals surface area contributed by atoms with E-state index in [1.807, 2.05) is 67.5 Å². The van der Waals surface area contributed by atoms with Crippen molar-refractivity contribution in [3.05, 3.63) is 60.7 Å². The molecule has 1 aliphatic heterocycles. The Labute approximate surface area is 265 Å². The fourth-order valence-electron chi connectivity index (χ4n) is 5.88. The number of ether oxygens (including phenoxy) is 3. The van der Waals surface area contributed by atoms with Crippen molar-refractivity contribution in [2.45, 2.75) is 111 Å². The quantitative estimate of drug-likeness (QED) is 0.322. The van der Waals surface area contributed by atoms with E-state index in [9.17, 15) is 9.59 Å². The van der Waals surface area contributed by atoms with E-state index in [-0.39, 0.29) is 17.0 Å². The van der Waals surface area contributed by atoms with Crippen molar-refractivity contribution in [2.75, 3.05) is 19.8 Å². The van der Waals surface area contributed by atoms with Crippen LogP contribution >= 0.6 is 0 Å². The largest absolute Gasteiger partial charge is 0.444 e. The van der Waals surface area contributed by atoms with Gasteiger partial charge in [0.25, 0.3) is 8.32 Å². The Kier molecular flexibility index (Phi) is 11.0. The van der Waals surface area contributed by atoms with Gasteiger partial charge in [-0.3, -0.25) is 4.90 Å². The molecule has 1 N–H and O–H groups in total. The number of rotatable bonds is 9. The van der Waals surface area contributed by atoms with Crippen LogP contribution in [0.5, 0.6) is 0 Å². The average molecular weight is 627 g/mol. The van der Waals surface area contributed by atoms with Crippen LogP contribution in [0.15, 0.2) is 60.7 Å². The first-order valence-corrected chi connectivity index (χ1v) is 17.5. The first-order chi connectivity index (χ1) is 20.3. The summed E-state index contributed by atoms with van der Waals surface area (Å²) in [5, 5.41) is 5.12. The fraction of sp³-hybridized carbons (Fsp3) is 0.600. The van der Waals surface area contributed by atoms with Gasteiger partial charge in [0.15, 0.2) is 0 Å². The SMILES string of the molecule is CC(C)(C)OC(=O)NCC(CO[Si](c1ccccc1)(c1ccccc1)C(C)(C)C)C[C@@H]1COC(C)(C)N1C(=O)OC(C)(C)C. The fourth-order valence-corrected chi connectivity index (χ4v) is 10.5. The second-order valence-electron chi connectivity index (χ2n) is 15.2. The van der Waals surface area contributed by atoms with Crippen molar-refractivity contribution in [1.82, 2.24) is 10.2 Å². The summed E-state index contributed by atoms with van der Waals surface area (Å²) in [7, 11) is -2.84. The van der Waals surface area contributed by atoms with Gasteiger partial charge in [-0.2, -0.15) is 0 Å². The zero-order valence-electron chi connectivity index (χ0n) is 28.7. The Hall–Kier alpha value is -2.88. The van der Waals surface area contributed by atoms with Gasteiger partial charge >= 0.3 is 12.2 Å². The number of amides is 2. The van der Waals surface area contributed by atoms with E-state index in [4.69, 9.17) is 18.6 Å². The highest BCUT2D eigenvalue weighted by Gasteiger charge is 2.51. The molecule has 2 aromatic carbocycles. The Bertz CT molecular complexity index is 1190. The summed E-state index contributed by atoms with van der Waals surface area (Å²) >= 11 is 0. The lowest BCUT2D eigenvalue weighted by Crippen LogP contribution is -2.67. The molecule has 1 saturated heterocycles. The van der Waals surface area contributed by atoms with Gasteiger partial charge < -0.3 is 24.0 Å². The van der Waals surface area contributed by atoms with E-state index in [1.165, 1.54) is 10.4 Å². The molecule has 244 valence electrons. The third-order valence-electron chi connectivity index (χ3n) is 7.66. The number of benzene rings is 2. The monoisotopic (exact) mass is 626 g/mol. The van der Waals surface area contributed by atoms with Gasteiger partial charge in [-0.15, -0.1) is 0 Å². The van der Waals surface area contributed by atoms with Crippen molar-refractivity contribution < 1.29 is 28.2 Å². The smallest absolute Gasteiger partial charge is 0.412 e. The number of nitrogens with one attached hydrogen (secondary N) is 1. The van der Waals surface area contributed by atoms with Crippen LogP contribution in [0.4, 0.5) is 9.59 Å². The molecule has 2 amide bonds. The topological polar surface area (TPSA) is 86.3 Å². The average Bonchev–Trinajstić information content (AvgIpc) is 3.19. The molecule has 0 saturated carbocycles. The Morgan fingerprint density at radius 1 is 0.886 bits per heavy atom. The van der Waals surface area contributed by atoms with Gasteiger partial charge in [0.1, 0.15) is 16.9 Å². The van der Waals surface area contributed by atoms with Gasteiger partial charge in [-0.25, -0.2) is 9.59 Å². The lowest BCUT2D eigenvalue weighted by atomic mass is 10.00. The molecule has 0 bridgehead atoms. The molecule has 2 aromatic rings. The summed E-state index contributed by atoms with van der Waals surface area (Å²) in [5.74, 6) is -0.156. The summed E-state index contributed by atoms with van der Waals surface area (Å²) in [5.41, 5.74) is -2.11. The van der Waals surface area contributed by atoms with Crippen molar-refractivity contribution in [3.8, 4) is 0 Å². The van der Waals surface area contributed by atoms with Crippen LogP contribution in [0.1, 0.15) is 82.6 Å². The second-order valence-corrected chi connectivity index (χ2v) is 19.5. The second kappa shape index (κ2) is 13.6. The summed E-state index contributed by atoms with van der Waals surface area (Å²) in [6.07, 6.45) is -0.367. The molecule has 44 heavy (non-hydrogen) atoms. The van der Waals surface area contributed by atoms with Crippen LogP contribution in [-0.4, -0.2) is 68.1 Å². The van der Waals surface area contributed by atoms with Crippen LogP contribution in [-0.2, 0) is 18.6 Å². The van der Waals surface area contributed by atoms with Crippen molar-refractivity contribution in [1.29, 1.82) is 0 Å². The van der Waals surface area contributed by atoms with Gasteiger partial charge in [-0.05, 0) is 77.2 Å². The summed E-state index contributed by atoms with van der Waals surface area (Å²) in [4.78, 5) is 27.9. The zero-order chi connectivity index (χ0) is 33.0. The highest BCUT2D eigenvalue weighted by Crippen LogP contribution is 2.38. The van der Waals surface area contributed by atoms with Crippen LogP contribution < -0.4 is 15.7 Å². The third-order valence-corrected chi connectivity index (χ3v) is 12.7. The summed E-state index contributed by atoms with van der Waals surface area (Å²) in [6.45, 7) is 22.6. The molecule has 1 heterocycles. The van der Waals surface area contributed by atoms with Gasteiger partial charge in [0, 0.05) is 19.1 Å². The first kappa shape index (κ1) is 35.6. The summed E-state index contributed by atoms with van der Waals surface area (Å²) < 4.78 is 24.7. The van der Waals surface area contributed by atoms with E-state index in [0.29, 0.717) is 26.2 Å². The van der Waals surface area contributed by atoms with Crippen molar-refractivity contribution in [3.63, 3.8) is 0 Å². The zero-order valence-corrected chi connectivity index (χ0v) is 29.7. The number of nitrogens with zero attached hydrogens (tertiary/aromatic N) is 1. The molecule has 1 fully saturated rings. The van der Waals surface area contributed by atoms with Crippen LogP contribution in [0.25, 0.3) is 0 Å². The summed E-state index contributed by atoms with van der Waals surface area (Å²) in [6, 6.07) is 20.7. The van der Waals surface area contributed by atoms with Gasteiger partial charge in [-0.1, -0.05) is 81.4 Å². The van der Waals surface area contributed by atoms with E-state index < -0.39 is 37.4 Å². The number of hydrogen-bond donors (Lipinski definition) is 1. The van der Waals surface area contributed by atoms with Gasteiger partial charge in [0.05, 0.1) is 12.6 Å². The molecule has 0 aliphatic carbocycles. The van der Waals surface area contributed by atoms with E-state index in [1.54, 1.807) is 4.90 Å².